The van der Waals surface area contributed by atoms with Crippen LogP contribution in [0.15, 0.2) is 30.3 Å². The number of carbonyl (C=O) groups is 1. The van der Waals surface area contributed by atoms with Gasteiger partial charge in [-0.05, 0) is 45.7 Å². The topological polar surface area (TPSA) is 64.3 Å². The zero-order valence-corrected chi connectivity index (χ0v) is 12.7. The van der Waals surface area contributed by atoms with E-state index < -0.39 is 11.6 Å². The van der Waals surface area contributed by atoms with Crippen LogP contribution in [-0.4, -0.2) is 24.2 Å². The van der Waals surface area contributed by atoms with Crippen LogP contribution in [0.25, 0.3) is 0 Å². The van der Waals surface area contributed by atoms with Crippen molar-refractivity contribution in [1.82, 2.24) is 5.32 Å². The SMILES string of the molecule is CC(C)(C)OC(=O)[C@@H](N)CCCNCc1ccccc1. The molecule has 1 atom stereocenters. The lowest BCUT2D eigenvalue weighted by molar-refractivity contribution is -0.156. The van der Waals surface area contributed by atoms with Crippen LogP contribution < -0.4 is 11.1 Å². The standard InChI is InChI=1S/C16H26N2O2/c1-16(2,3)20-15(19)14(17)10-7-11-18-12-13-8-5-4-6-9-13/h4-6,8-9,14,18H,7,10-12,17H2,1-3H3/t14-/m0/s1. The van der Waals surface area contributed by atoms with Gasteiger partial charge < -0.3 is 15.8 Å². The van der Waals surface area contributed by atoms with Gasteiger partial charge in [-0.25, -0.2) is 0 Å². The third kappa shape index (κ3) is 7.26. The Morgan fingerprint density at radius 3 is 2.55 bits per heavy atom. The van der Waals surface area contributed by atoms with Crippen molar-refractivity contribution in [3.63, 3.8) is 0 Å². The largest absolute Gasteiger partial charge is 0.459 e. The van der Waals surface area contributed by atoms with Crippen LogP contribution in [0.3, 0.4) is 0 Å². The molecule has 0 aliphatic rings. The van der Waals surface area contributed by atoms with Crippen molar-refractivity contribution >= 4 is 5.97 Å². The molecule has 0 unspecified atom stereocenters. The minimum absolute atomic E-state index is 0.319. The molecule has 3 N–H and O–H groups in total. The molecule has 0 saturated heterocycles. The minimum Gasteiger partial charge on any atom is -0.459 e. The average molecular weight is 278 g/mol. The van der Waals surface area contributed by atoms with Crippen LogP contribution in [-0.2, 0) is 16.1 Å². The number of carbonyl (C=O) groups excluding carboxylic acids is 1. The first-order chi connectivity index (χ1) is 9.38. The third-order valence-electron chi connectivity index (χ3n) is 2.75. The molecule has 1 aromatic rings. The van der Waals surface area contributed by atoms with Gasteiger partial charge in [-0.1, -0.05) is 30.3 Å². The highest BCUT2D eigenvalue weighted by Crippen LogP contribution is 2.09. The Kier molecular flexibility index (Phi) is 6.68. The van der Waals surface area contributed by atoms with E-state index in [4.69, 9.17) is 10.5 Å². The Morgan fingerprint density at radius 2 is 1.95 bits per heavy atom. The second-order valence-corrected chi connectivity index (χ2v) is 5.94. The van der Waals surface area contributed by atoms with E-state index in [-0.39, 0.29) is 5.97 Å². The average Bonchev–Trinajstić information content (AvgIpc) is 2.37. The van der Waals surface area contributed by atoms with Crippen molar-refractivity contribution < 1.29 is 9.53 Å². The van der Waals surface area contributed by atoms with Gasteiger partial charge in [0.2, 0.25) is 0 Å². The summed E-state index contributed by atoms with van der Waals surface area (Å²) < 4.78 is 5.24. The fourth-order valence-corrected chi connectivity index (χ4v) is 1.77. The van der Waals surface area contributed by atoms with Gasteiger partial charge in [-0.3, -0.25) is 4.79 Å². The summed E-state index contributed by atoms with van der Waals surface area (Å²) in [7, 11) is 0. The van der Waals surface area contributed by atoms with E-state index in [0.29, 0.717) is 6.42 Å². The lowest BCUT2D eigenvalue weighted by Crippen LogP contribution is -2.37. The number of hydrogen-bond donors (Lipinski definition) is 2. The minimum atomic E-state index is -0.534. The lowest BCUT2D eigenvalue weighted by Gasteiger charge is -2.22. The Balaban J connectivity index is 2.13. The molecule has 0 bridgehead atoms. The Morgan fingerprint density at radius 1 is 1.30 bits per heavy atom. The van der Waals surface area contributed by atoms with Gasteiger partial charge in [0.1, 0.15) is 11.6 Å². The fourth-order valence-electron chi connectivity index (χ4n) is 1.77. The molecule has 1 rings (SSSR count). The van der Waals surface area contributed by atoms with E-state index in [1.54, 1.807) is 0 Å². The van der Waals surface area contributed by atoms with Gasteiger partial charge in [0.05, 0.1) is 0 Å². The second-order valence-electron chi connectivity index (χ2n) is 5.94. The van der Waals surface area contributed by atoms with Gasteiger partial charge in [-0.2, -0.15) is 0 Å². The number of ether oxygens (including phenoxy) is 1. The molecular weight excluding hydrogens is 252 g/mol. The van der Waals surface area contributed by atoms with Crippen molar-refractivity contribution in [3.05, 3.63) is 35.9 Å². The molecule has 0 saturated carbocycles. The summed E-state index contributed by atoms with van der Waals surface area (Å²) in [4.78, 5) is 11.7. The molecule has 1 aromatic carbocycles. The molecule has 0 aliphatic heterocycles. The summed E-state index contributed by atoms with van der Waals surface area (Å²) in [5.74, 6) is -0.319. The van der Waals surface area contributed by atoms with Crippen LogP contribution in [0.5, 0.6) is 0 Å². The third-order valence-corrected chi connectivity index (χ3v) is 2.75. The molecule has 0 aromatic heterocycles. The Hall–Kier alpha value is -1.39. The molecule has 112 valence electrons. The summed E-state index contributed by atoms with van der Waals surface area (Å²) >= 11 is 0. The highest BCUT2D eigenvalue weighted by Gasteiger charge is 2.21. The van der Waals surface area contributed by atoms with Gasteiger partial charge >= 0.3 is 5.97 Å². The first-order valence-corrected chi connectivity index (χ1v) is 7.11. The Bertz CT molecular complexity index is 399. The predicted molar refractivity (Wildman–Crippen MR) is 81.2 cm³/mol. The predicted octanol–water partition coefficient (Wildman–Crippen LogP) is 2.23. The van der Waals surface area contributed by atoms with Crippen LogP contribution >= 0.6 is 0 Å². The Labute approximate surface area is 121 Å². The summed E-state index contributed by atoms with van der Waals surface area (Å²) in [5, 5.41) is 3.34. The molecule has 4 nitrogen and oxygen atoms in total. The molecule has 0 heterocycles. The van der Waals surface area contributed by atoms with Crippen LogP contribution in [0.4, 0.5) is 0 Å². The maximum atomic E-state index is 11.7. The van der Waals surface area contributed by atoms with E-state index in [2.05, 4.69) is 17.4 Å². The molecule has 4 heteroatoms. The van der Waals surface area contributed by atoms with Crippen molar-refractivity contribution in [2.45, 2.75) is 51.8 Å². The second kappa shape index (κ2) is 8.02. The smallest absolute Gasteiger partial charge is 0.323 e. The molecular formula is C16H26N2O2. The van der Waals surface area contributed by atoms with Gasteiger partial charge in [0, 0.05) is 6.54 Å². The van der Waals surface area contributed by atoms with Crippen LogP contribution in [0.1, 0.15) is 39.2 Å². The number of benzene rings is 1. The molecule has 0 radical (unpaired) electrons. The van der Waals surface area contributed by atoms with Gasteiger partial charge in [-0.15, -0.1) is 0 Å². The van der Waals surface area contributed by atoms with Gasteiger partial charge in [0.15, 0.2) is 0 Å². The number of nitrogens with one attached hydrogen (secondary N) is 1. The maximum Gasteiger partial charge on any atom is 0.323 e. The number of hydrogen-bond acceptors (Lipinski definition) is 4. The van der Waals surface area contributed by atoms with E-state index >= 15 is 0 Å². The zero-order valence-electron chi connectivity index (χ0n) is 12.7. The van der Waals surface area contributed by atoms with Gasteiger partial charge in [0.25, 0.3) is 0 Å². The van der Waals surface area contributed by atoms with E-state index in [9.17, 15) is 4.79 Å². The molecule has 20 heavy (non-hydrogen) atoms. The fraction of sp³-hybridized carbons (Fsp3) is 0.562. The quantitative estimate of drug-likeness (QED) is 0.593. The first-order valence-electron chi connectivity index (χ1n) is 7.11. The molecule has 0 amide bonds. The van der Waals surface area contributed by atoms with E-state index in [1.165, 1.54) is 5.56 Å². The first kappa shape index (κ1) is 16.7. The van der Waals surface area contributed by atoms with E-state index in [1.807, 2.05) is 39.0 Å². The molecule has 0 fully saturated rings. The van der Waals surface area contributed by atoms with E-state index in [0.717, 1.165) is 19.5 Å². The lowest BCUT2D eigenvalue weighted by atomic mass is 10.1. The van der Waals surface area contributed by atoms with Crippen LogP contribution in [0.2, 0.25) is 0 Å². The number of rotatable bonds is 7. The molecule has 0 spiro atoms. The normalized spacial score (nSPS) is 13.0. The summed E-state index contributed by atoms with van der Waals surface area (Å²) in [6.07, 6.45) is 1.49. The van der Waals surface area contributed by atoms with Crippen molar-refractivity contribution in [2.75, 3.05) is 6.54 Å². The zero-order chi connectivity index (χ0) is 15.0. The summed E-state index contributed by atoms with van der Waals surface area (Å²) in [6, 6.07) is 9.68. The molecule has 0 aliphatic carbocycles. The monoisotopic (exact) mass is 278 g/mol. The van der Waals surface area contributed by atoms with Crippen molar-refractivity contribution in [3.8, 4) is 0 Å². The number of esters is 1. The summed E-state index contributed by atoms with van der Waals surface area (Å²) in [6.45, 7) is 7.21. The summed E-state index contributed by atoms with van der Waals surface area (Å²) in [5.41, 5.74) is 6.60. The van der Waals surface area contributed by atoms with Crippen molar-refractivity contribution in [1.29, 1.82) is 0 Å². The number of nitrogens with two attached hydrogens (primary N) is 1. The highest BCUT2D eigenvalue weighted by molar-refractivity contribution is 5.75. The highest BCUT2D eigenvalue weighted by atomic mass is 16.6. The van der Waals surface area contributed by atoms with Crippen molar-refractivity contribution in [2.24, 2.45) is 5.73 Å². The van der Waals surface area contributed by atoms with Crippen LogP contribution in [0, 0.1) is 0 Å². The maximum absolute atomic E-state index is 11.7.